The highest BCUT2D eigenvalue weighted by Crippen LogP contribution is 2.27. The number of carbonyl (C=O) groups is 1. The van der Waals surface area contributed by atoms with Crippen molar-refractivity contribution in [2.45, 2.75) is 19.9 Å². The number of fused-ring (bicyclic) bond motifs is 1. The molecule has 2 aromatic heterocycles. The Kier molecular flexibility index (Phi) is 5.92. The highest BCUT2D eigenvalue weighted by Gasteiger charge is 2.15. The first-order valence-corrected chi connectivity index (χ1v) is 10.6. The van der Waals surface area contributed by atoms with Crippen LogP contribution in [0.5, 0.6) is 0 Å². The Balaban J connectivity index is 1.45. The first-order chi connectivity index (χ1) is 14.5. The average Bonchev–Trinajstić information content (AvgIpc) is 3.17. The summed E-state index contributed by atoms with van der Waals surface area (Å²) in [5.41, 5.74) is 4.13. The summed E-state index contributed by atoms with van der Waals surface area (Å²) in [6.07, 6.45) is 2.10. The number of amides is 1. The molecule has 30 heavy (non-hydrogen) atoms. The van der Waals surface area contributed by atoms with Crippen LogP contribution in [0.1, 0.15) is 11.1 Å². The molecule has 152 valence electrons. The van der Waals surface area contributed by atoms with Crippen molar-refractivity contribution in [3.05, 3.63) is 81.4 Å². The molecule has 0 aliphatic rings. The number of hydrogen-bond donors (Lipinski definition) is 1. The number of carbonyl (C=O) groups excluding carboxylic acids is 1. The standard InChI is InChI=1S/C22H19ClN4O2S/c1-14-2-6-16(7-3-14)19-20-21(30-26-19)22(29)27(13-25-20)12-18(28)24-11-10-15-4-8-17(23)9-5-15/h2-9,13H,10-12H2,1H3,(H,24,28). The molecule has 1 amide bonds. The summed E-state index contributed by atoms with van der Waals surface area (Å²) in [6.45, 7) is 2.41. The third kappa shape index (κ3) is 4.42. The SMILES string of the molecule is Cc1ccc(-c2nsc3c(=O)n(CC(=O)NCCc4ccc(Cl)cc4)cnc23)cc1. The van der Waals surface area contributed by atoms with Crippen molar-refractivity contribution in [3.8, 4) is 11.3 Å². The number of nitrogens with zero attached hydrogens (tertiary/aromatic N) is 3. The second kappa shape index (κ2) is 8.77. The number of hydrogen-bond acceptors (Lipinski definition) is 5. The maximum atomic E-state index is 12.8. The third-order valence-electron chi connectivity index (χ3n) is 4.74. The van der Waals surface area contributed by atoms with Gasteiger partial charge in [0, 0.05) is 17.1 Å². The van der Waals surface area contributed by atoms with Gasteiger partial charge in [-0.15, -0.1) is 0 Å². The lowest BCUT2D eigenvalue weighted by molar-refractivity contribution is -0.121. The number of aromatic nitrogens is 3. The van der Waals surface area contributed by atoms with Gasteiger partial charge in [0.05, 0.1) is 6.33 Å². The minimum Gasteiger partial charge on any atom is -0.354 e. The van der Waals surface area contributed by atoms with Crippen molar-refractivity contribution >= 4 is 39.3 Å². The molecule has 0 unspecified atom stereocenters. The summed E-state index contributed by atoms with van der Waals surface area (Å²) < 4.78 is 6.18. The van der Waals surface area contributed by atoms with Gasteiger partial charge >= 0.3 is 0 Å². The van der Waals surface area contributed by atoms with E-state index in [1.165, 1.54) is 10.9 Å². The maximum Gasteiger partial charge on any atom is 0.273 e. The quantitative estimate of drug-likeness (QED) is 0.496. The van der Waals surface area contributed by atoms with Gasteiger partial charge in [-0.3, -0.25) is 14.2 Å². The maximum absolute atomic E-state index is 12.8. The van der Waals surface area contributed by atoms with E-state index in [0.717, 1.165) is 28.2 Å². The van der Waals surface area contributed by atoms with Crippen LogP contribution >= 0.6 is 23.1 Å². The van der Waals surface area contributed by atoms with Crippen LogP contribution in [-0.4, -0.2) is 26.4 Å². The zero-order valence-electron chi connectivity index (χ0n) is 16.3. The molecule has 4 aromatic rings. The van der Waals surface area contributed by atoms with Gasteiger partial charge in [-0.05, 0) is 42.6 Å². The van der Waals surface area contributed by atoms with Crippen LogP contribution in [0.4, 0.5) is 0 Å². The first kappa shape index (κ1) is 20.3. The summed E-state index contributed by atoms with van der Waals surface area (Å²) >= 11 is 6.98. The molecule has 0 radical (unpaired) electrons. The summed E-state index contributed by atoms with van der Waals surface area (Å²) in [4.78, 5) is 29.5. The van der Waals surface area contributed by atoms with E-state index >= 15 is 0 Å². The molecule has 0 fully saturated rings. The predicted octanol–water partition coefficient (Wildman–Crippen LogP) is 3.84. The lowest BCUT2D eigenvalue weighted by atomic mass is 10.1. The van der Waals surface area contributed by atoms with Crippen molar-refractivity contribution < 1.29 is 4.79 Å². The molecule has 0 bridgehead atoms. The highest BCUT2D eigenvalue weighted by molar-refractivity contribution is 7.13. The van der Waals surface area contributed by atoms with E-state index in [0.29, 0.717) is 33.9 Å². The van der Waals surface area contributed by atoms with E-state index in [1.807, 2.05) is 55.5 Å². The van der Waals surface area contributed by atoms with Crippen LogP contribution < -0.4 is 10.9 Å². The number of rotatable bonds is 6. The minimum atomic E-state index is -0.260. The summed E-state index contributed by atoms with van der Waals surface area (Å²) in [7, 11) is 0. The van der Waals surface area contributed by atoms with Gasteiger partial charge in [-0.2, -0.15) is 4.37 Å². The Morgan fingerprint density at radius 2 is 1.87 bits per heavy atom. The van der Waals surface area contributed by atoms with E-state index in [9.17, 15) is 9.59 Å². The molecule has 0 saturated heterocycles. The topological polar surface area (TPSA) is 76.9 Å². The molecule has 0 saturated carbocycles. The Bertz CT molecular complexity index is 1250. The Labute approximate surface area is 182 Å². The Morgan fingerprint density at radius 1 is 1.13 bits per heavy atom. The molecule has 1 N–H and O–H groups in total. The van der Waals surface area contributed by atoms with Gasteiger partial charge in [0.1, 0.15) is 22.5 Å². The van der Waals surface area contributed by atoms with Crippen molar-refractivity contribution in [2.75, 3.05) is 6.54 Å². The van der Waals surface area contributed by atoms with Crippen molar-refractivity contribution in [2.24, 2.45) is 0 Å². The molecular formula is C22H19ClN4O2S. The van der Waals surface area contributed by atoms with Crippen LogP contribution in [0.3, 0.4) is 0 Å². The fraction of sp³-hybridized carbons (Fsp3) is 0.182. The van der Waals surface area contributed by atoms with Crippen LogP contribution in [0.15, 0.2) is 59.7 Å². The Morgan fingerprint density at radius 3 is 2.60 bits per heavy atom. The molecule has 0 aliphatic heterocycles. The minimum absolute atomic E-state index is 0.0832. The van der Waals surface area contributed by atoms with E-state index in [-0.39, 0.29) is 18.0 Å². The molecule has 8 heteroatoms. The van der Waals surface area contributed by atoms with E-state index in [2.05, 4.69) is 14.7 Å². The molecule has 2 aromatic carbocycles. The molecule has 2 heterocycles. The molecule has 0 spiro atoms. The molecular weight excluding hydrogens is 420 g/mol. The summed E-state index contributed by atoms with van der Waals surface area (Å²) in [5.74, 6) is -0.240. The number of aryl methyl sites for hydroxylation is 1. The second-order valence-corrected chi connectivity index (χ2v) is 8.19. The lowest BCUT2D eigenvalue weighted by Crippen LogP contribution is -2.33. The zero-order chi connectivity index (χ0) is 21.1. The van der Waals surface area contributed by atoms with Crippen LogP contribution in [0, 0.1) is 6.92 Å². The fourth-order valence-corrected chi connectivity index (χ4v) is 4.01. The average molecular weight is 439 g/mol. The third-order valence-corrected chi connectivity index (χ3v) is 5.81. The van der Waals surface area contributed by atoms with Crippen LogP contribution in [0.25, 0.3) is 21.5 Å². The number of nitrogens with one attached hydrogen (secondary N) is 1. The fourth-order valence-electron chi connectivity index (χ4n) is 3.08. The van der Waals surface area contributed by atoms with Crippen LogP contribution in [-0.2, 0) is 17.8 Å². The van der Waals surface area contributed by atoms with E-state index in [4.69, 9.17) is 11.6 Å². The largest absolute Gasteiger partial charge is 0.354 e. The van der Waals surface area contributed by atoms with Gasteiger partial charge in [-0.1, -0.05) is 53.6 Å². The summed E-state index contributed by atoms with van der Waals surface area (Å²) in [6, 6.07) is 15.4. The molecule has 4 rings (SSSR count). The second-order valence-electron chi connectivity index (χ2n) is 6.98. The molecule has 0 aliphatic carbocycles. The lowest BCUT2D eigenvalue weighted by Gasteiger charge is -2.07. The van der Waals surface area contributed by atoms with Crippen molar-refractivity contribution in [1.82, 2.24) is 19.2 Å². The molecule has 0 atom stereocenters. The van der Waals surface area contributed by atoms with Crippen molar-refractivity contribution in [1.29, 1.82) is 0 Å². The zero-order valence-corrected chi connectivity index (χ0v) is 17.8. The highest BCUT2D eigenvalue weighted by atomic mass is 35.5. The first-order valence-electron chi connectivity index (χ1n) is 9.44. The smallest absolute Gasteiger partial charge is 0.273 e. The van der Waals surface area contributed by atoms with Crippen LogP contribution in [0.2, 0.25) is 5.02 Å². The van der Waals surface area contributed by atoms with E-state index in [1.54, 1.807) is 0 Å². The van der Waals surface area contributed by atoms with Gasteiger partial charge in [0.15, 0.2) is 0 Å². The monoisotopic (exact) mass is 438 g/mol. The Hall–Kier alpha value is -3.03. The number of halogens is 1. The van der Waals surface area contributed by atoms with Gasteiger partial charge in [0.2, 0.25) is 5.91 Å². The normalized spacial score (nSPS) is 11.0. The van der Waals surface area contributed by atoms with Gasteiger partial charge in [0.25, 0.3) is 5.56 Å². The van der Waals surface area contributed by atoms with Gasteiger partial charge in [-0.25, -0.2) is 4.98 Å². The van der Waals surface area contributed by atoms with E-state index < -0.39 is 0 Å². The predicted molar refractivity (Wildman–Crippen MR) is 120 cm³/mol. The number of benzene rings is 2. The molecule has 6 nitrogen and oxygen atoms in total. The van der Waals surface area contributed by atoms with Gasteiger partial charge < -0.3 is 5.32 Å². The summed E-state index contributed by atoms with van der Waals surface area (Å²) in [5, 5.41) is 3.51. The van der Waals surface area contributed by atoms with Crippen molar-refractivity contribution in [3.63, 3.8) is 0 Å².